The molecule has 0 aliphatic heterocycles. The maximum atomic E-state index is 10.8. The maximum Gasteiger partial charge on any atom is 0.307 e. The van der Waals surface area contributed by atoms with Gasteiger partial charge < -0.3 is 10.3 Å². The van der Waals surface area contributed by atoms with Crippen molar-refractivity contribution in [2.24, 2.45) is 22.4 Å². The van der Waals surface area contributed by atoms with Gasteiger partial charge in [0.25, 0.3) is 0 Å². The van der Waals surface area contributed by atoms with E-state index < -0.39 is 5.97 Å². The van der Waals surface area contributed by atoms with Crippen LogP contribution in [0, 0.1) is 17.3 Å². The molecule has 13 heavy (non-hydrogen) atoms. The zero-order valence-corrected chi connectivity index (χ0v) is 8.11. The molecule has 1 rings (SSSR count). The summed E-state index contributed by atoms with van der Waals surface area (Å²) in [5, 5.41) is 20.5. The maximum absolute atomic E-state index is 10.8. The third-order valence-electron chi connectivity index (χ3n) is 3.23. The van der Waals surface area contributed by atoms with Crippen LogP contribution in [0.2, 0.25) is 0 Å². The van der Waals surface area contributed by atoms with Crippen LogP contribution in [-0.4, -0.2) is 22.0 Å². The predicted molar refractivity (Wildman–Crippen MR) is 47.9 cm³/mol. The van der Waals surface area contributed by atoms with Gasteiger partial charge in [-0.15, -0.1) is 0 Å². The first-order chi connectivity index (χ1) is 5.91. The summed E-state index contributed by atoms with van der Waals surface area (Å²) in [6.45, 7) is 5.52. The molecule has 0 bridgehead atoms. The number of carbonyl (C=O) groups is 1. The molecule has 0 heterocycles. The van der Waals surface area contributed by atoms with E-state index in [1.807, 2.05) is 13.8 Å². The Bertz CT molecular complexity index is 258. The largest absolute Gasteiger partial charge is 0.481 e. The molecule has 4 heteroatoms. The summed E-state index contributed by atoms with van der Waals surface area (Å²) < 4.78 is 0. The fraction of sp³-hybridized carbons (Fsp3) is 0.778. The first-order valence-electron chi connectivity index (χ1n) is 4.32. The highest BCUT2D eigenvalue weighted by Crippen LogP contribution is 2.51. The van der Waals surface area contributed by atoms with E-state index in [0.717, 1.165) is 0 Å². The number of rotatable bonds is 2. The van der Waals surface area contributed by atoms with E-state index in [2.05, 4.69) is 5.16 Å². The van der Waals surface area contributed by atoms with Crippen LogP contribution in [0.3, 0.4) is 0 Å². The second kappa shape index (κ2) is 3.01. The topological polar surface area (TPSA) is 69.9 Å². The van der Waals surface area contributed by atoms with Crippen LogP contribution in [-0.2, 0) is 4.79 Å². The third kappa shape index (κ3) is 1.41. The summed E-state index contributed by atoms with van der Waals surface area (Å²) in [6.07, 6.45) is 0.582. The lowest BCUT2D eigenvalue weighted by atomic mass is 9.53. The zero-order chi connectivity index (χ0) is 10.2. The molecule has 74 valence electrons. The average Bonchev–Trinajstić information content (AvgIpc) is 2.01. The van der Waals surface area contributed by atoms with Crippen molar-refractivity contribution >= 4 is 11.7 Å². The molecule has 0 unspecified atom stereocenters. The van der Waals surface area contributed by atoms with Gasteiger partial charge in [0.2, 0.25) is 0 Å². The summed E-state index contributed by atoms with van der Waals surface area (Å²) in [4.78, 5) is 10.8. The molecule has 0 saturated heterocycles. The van der Waals surface area contributed by atoms with Crippen LogP contribution in [0.25, 0.3) is 0 Å². The lowest BCUT2D eigenvalue weighted by Crippen LogP contribution is -2.51. The molecule has 0 aromatic heterocycles. The molecule has 2 N–H and O–H groups in total. The number of hydrogen-bond acceptors (Lipinski definition) is 3. The van der Waals surface area contributed by atoms with E-state index in [0.29, 0.717) is 12.1 Å². The Kier molecular flexibility index (Phi) is 2.32. The normalized spacial score (nSPS) is 32.4. The Balaban J connectivity index is 2.75. The first kappa shape index (κ1) is 10.0. The Morgan fingerprint density at radius 1 is 1.46 bits per heavy atom. The molecular weight excluding hydrogens is 170 g/mol. The molecular formula is C9H15NO3. The minimum absolute atomic E-state index is 0.0959. The first-order valence-corrected chi connectivity index (χ1v) is 4.32. The van der Waals surface area contributed by atoms with Crippen molar-refractivity contribution in [3.8, 4) is 0 Å². The number of nitrogens with zero attached hydrogens (tertiary/aromatic N) is 1. The van der Waals surface area contributed by atoms with Gasteiger partial charge in [-0.1, -0.05) is 19.0 Å². The highest BCUT2D eigenvalue weighted by Gasteiger charge is 2.53. The predicted octanol–water partition coefficient (Wildman–Crippen LogP) is 1.58. The quantitative estimate of drug-likeness (QED) is 0.390. The Morgan fingerprint density at radius 2 is 2.00 bits per heavy atom. The highest BCUT2D eigenvalue weighted by atomic mass is 16.4. The Hall–Kier alpha value is -1.06. The van der Waals surface area contributed by atoms with Crippen LogP contribution in [0.5, 0.6) is 0 Å². The van der Waals surface area contributed by atoms with Crippen molar-refractivity contribution < 1.29 is 15.1 Å². The van der Waals surface area contributed by atoms with Gasteiger partial charge in [0.05, 0.1) is 11.6 Å². The second-order valence-corrected chi connectivity index (χ2v) is 4.24. The molecule has 0 amide bonds. The number of oxime groups is 1. The van der Waals surface area contributed by atoms with Gasteiger partial charge in [0, 0.05) is 5.92 Å². The SMILES string of the molecule is C/C(=N/O)[C@H]1C[C@H](C(=O)O)C1(C)C. The number of hydrogen-bond donors (Lipinski definition) is 2. The molecule has 1 fully saturated rings. The number of aliphatic carboxylic acids is 1. The minimum atomic E-state index is -0.757. The van der Waals surface area contributed by atoms with Crippen molar-refractivity contribution in [3.63, 3.8) is 0 Å². The van der Waals surface area contributed by atoms with Crippen molar-refractivity contribution in [1.29, 1.82) is 0 Å². The van der Waals surface area contributed by atoms with Crippen LogP contribution >= 0.6 is 0 Å². The lowest BCUT2D eigenvalue weighted by Gasteiger charge is -2.49. The summed E-state index contributed by atoms with van der Waals surface area (Å²) in [7, 11) is 0. The van der Waals surface area contributed by atoms with Crippen molar-refractivity contribution in [1.82, 2.24) is 0 Å². The molecule has 2 atom stereocenters. The van der Waals surface area contributed by atoms with Crippen molar-refractivity contribution in [2.45, 2.75) is 27.2 Å². The monoisotopic (exact) mass is 185 g/mol. The van der Waals surface area contributed by atoms with Gasteiger partial charge in [0.15, 0.2) is 0 Å². The van der Waals surface area contributed by atoms with Crippen LogP contribution < -0.4 is 0 Å². The van der Waals surface area contributed by atoms with Gasteiger partial charge in [-0.2, -0.15) is 0 Å². The molecule has 4 nitrogen and oxygen atoms in total. The van der Waals surface area contributed by atoms with E-state index in [1.165, 1.54) is 0 Å². The fourth-order valence-corrected chi connectivity index (χ4v) is 2.12. The average molecular weight is 185 g/mol. The Labute approximate surface area is 77.3 Å². The third-order valence-corrected chi connectivity index (χ3v) is 3.23. The van der Waals surface area contributed by atoms with Crippen LogP contribution in [0.15, 0.2) is 5.16 Å². The van der Waals surface area contributed by atoms with Crippen molar-refractivity contribution in [3.05, 3.63) is 0 Å². The van der Waals surface area contributed by atoms with Crippen molar-refractivity contribution in [2.75, 3.05) is 0 Å². The molecule has 0 aromatic carbocycles. The number of carboxylic acids is 1. The fourth-order valence-electron chi connectivity index (χ4n) is 2.12. The van der Waals surface area contributed by atoms with Gasteiger partial charge in [-0.25, -0.2) is 0 Å². The smallest absolute Gasteiger partial charge is 0.307 e. The molecule has 1 saturated carbocycles. The summed E-state index contributed by atoms with van der Waals surface area (Å²) >= 11 is 0. The molecule has 1 aliphatic carbocycles. The van der Waals surface area contributed by atoms with Gasteiger partial charge >= 0.3 is 5.97 Å². The lowest BCUT2D eigenvalue weighted by molar-refractivity contribution is -0.155. The summed E-state index contributed by atoms with van der Waals surface area (Å²) in [6, 6.07) is 0. The second-order valence-electron chi connectivity index (χ2n) is 4.24. The van der Waals surface area contributed by atoms with E-state index in [-0.39, 0.29) is 17.3 Å². The van der Waals surface area contributed by atoms with E-state index in [4.69, 9.17) is 10.3 Å². The summed E-state index contributed by atoms with van der Waals surface area (Å²) in [5.41, 5.74) is 0.338. The van der Waals surface area contributed by atoms with E-state index in [1.54, 1.807) is 6.92 Å². The Morgan fingerprint density at radius 3 is 2.31 bits per heavy atom. The molecule has 1 aliphatic rings. The minimum Gasteiger partial charge on any atom is -0.481 e. The van der Waals surface area contributed by atoms with Gasteiger partial charge in [-0.3, -0.25) is 4.79 Å². The van der Waals surface area contributed by atoms with Crippen LogP contribution in [0.1, 0.15) is 27.2 Å². The van der Waals surface area contributed by atoms with E-state index in [9.17, 15) is 4.79 Å². The number of carboxylic acid groups (broad SMARTS) is 1. The van der Waals surface area contributed by atoms with Gasteiger partial charge in [0.1, 0.15) is 0 Å². The van der Waals surface area contributed by atoms with Gasteiger partial charge in [-0.05, 0) is 18.8 Å². The summed E-state index contributed by atoms with van der Waals surface area (Å²) in [5.74, 6) is -0.972. The zero-order valence-electron chi connectivity index (χ0n) is 8.11. The standard InChI is InChI=1S/C9H15NO3/c1-5(10-13)6-4-7(8(11)12)9(6,2)3/h6-7,13H,4H2,1-3H3,(H,11,12)/b10-5-/t6-,7-/m1/s1. The van der Waals surface area contributed by atoms with Crippen LogP contribution in [0.4, 0.5) is 0 Å². The molecule has 0 aromatic rings. The highest BCUT2D eigenvalue weighted by molar-refractivity contribution is 5.88. The molecule has 0 radical (unpaired) electrons. The molecule has 0 spiro atoms. The van der Waals surface area contributed by atoms with E-state index >= 15 is 0 Å².